The first-order valence-electron chi connectivity index (χ1n) is 11.0. The average molecular weight is 407 g/mol. The van der Waals surface area contributed by atoms with Crippen molar-refractivity contribution in [3.05, 3.63) is 35.5 Å². The minimum atomic E-state index is 0.309. The first kappa shape index (κ1) is 19.3. The molecule has 0 unspecified atom stereocenters. The molecular weight excluding hydrogens is 376 g/mol. The molecule has 2 aromatic heterocycles. The molecule has 0 saturated carbocycles. The lowest BCUT2D eigenvalue weighted by Crippen LogP contribution is -2.43. The summed E-state index contributed by atoms with van der Waals surface area (Å²) in [6.45, 7) is 11.8. The summed E-state index contributed by atoms with van der Waals surface area (Å²) in [4.78, 5) is 7.10. The first-order valence-corrected chi connectivity index (χ1v) is 11.0. The Bertz CT molecular complexity index is 1030. The molecule has 0 bridgehead atoms. The quantitative estimate of drug-likeness (QED) is 0.714. The lowest BCUT2D eigenvalue weighted by atomic mass is 9.76. The second-order valence-corrected chi connectivity index (χ2v) is 9.14. The Hall–Kier alpha value is -2.67. The van der Waals surface area contributed by atoms with Gasteiger partial charge < -0.3 is 14.7 Å². The summed E-state index contributed by atoms with van der Waals surface area (Å²) in [6, 6.07) is 8.45. The summed E-state index contributed by atoms with van der Waals surface area (Å²) >= 11 is 0. The molecule has 0 atom stereocenters. The molecule has 3 heterocycles. The highest BCUT2D eigenvalue weighted by atomic mass is 16.5. The zero-order chi connectivity index (χ0) is 20.7. The van der Waals surface area contributed by atoms with Crippen LogP contribution in [0.4, 0.5) is 5.69 Å². The molecule has 1 saturated heterocycles. The largest absolute Gasteiger partial charge is 0.369 e. The van der Waals surface area contributed by atoms with Crippen molar-refractivity contribution >= 4 is 5.69 Å². The fraction of sp³-hybridized carbons (Fsp3) is 0.522. The van der Waals surface area contributed by atoms with Crippen molar-refractivity contribution in [1.82, 2.24) is 25.2 Å². The van der Waals surface area contributed by atoms with Crippen LogP contribution in [-0.2, 0) is 19.4 Å². The number of piperazine rings is 1. The Kier molecular flexibility index (Phi) is 4.85. The summed E-state index contributed by atoms with van der Waals surface area (Å²) in [5.41, 5.74) is 5.97. The fourth-order valence-corrected chi connectivity index (χ4v) is 4.61. The number of hydrogen-bond acceptors (Lipinski definition) is 6. The minimum Gasteiger partial charge on any atom is -0.369 e. The molecule has 2 aliphatic rings. The molecule has 0 amide bonds. The van der Waals surface area contributed by atoms with Gasteiger partial charge in [-0.1, -0.05) is 19.0 Å². The molecule has 7 heteroatoms. The molecule has 5 rings (SSSR count). The monoisotopic (exact) mass is 406 g/mol. The van der Waals surface area contributed by atoms with Crippen molar-refractivity contribution in [1.29, 1.82) is 0 Å². The second kappa shape index (κ2) is 7.54. The fourth-order valence-electron chi connectivity index (χ4n) is 4.61. The van der Waals surface area contributed by atoms with E-state index in [0.29, 0.717) is 17.1 Å². The van der Waals surface area contributed by atoms with Gasteiger partial charge in [0.25, 0.3) is 5.89 Å². The van der Waals surface area contributed by atoms with E-state index in [1.54, 1.807) is 0 Å². The number of benzene rings is 1. The SMILES string of the molecule is CCn1nc(-c2nc(-c3ccc(N4CCNCC4)cc3)no2)c2c1CC(C)(C)CC2. The van der Waals surface area contributed by atoms with Crippen LogP contribution in [0.15, 0.2) is 28.8 Å². The van der Waals surface area contributed by atoms with Gasteiger partial charge in [-0.3, -0.25) is 4.68 Å². The van der Waals surface area contributed by atoms with E-state index in [-0.39, 0.29) is 0 Å². The van der Waals surface area contributed by atoms with Gasteiger partial charge in [-0.2, -0.15) is 10.1 Å². The minimum absolute atomic E-state index is 0.309. The van der Waals surface area contributed by atoms with Crippen LogP contribution in [0, 0.1) is 5.41 Å². The van der Waals surface area contributed by atoms with E-state index in [1.165, 1.54) is 16.9 Å². The molecule has 1 N–H and O–H groups in total. The van der Waals surface area contributed by atoms with Gasteiger partial charge in [-0.25, -0.2) is 0 Å². The standard InChI is InChI=1S/C23H30N6O/c1-4-29-19-15-23(2,3)10-9-18(19)20(26-29)22-25-21(27-30-22)16-5-7-17(8-6-16)28-13-11-24-12-14-28/h5-8,24H,4,9-15H2,1-3H3. The predicted molar refractivity (Wildman–Crippen MR) is 118 cm³/mol. The average Bonchev–Trinajstić information content (AvgIpc) is 3.38. The summed E-state index contributed by atoms with van der Waals surface area (Å²) in [7, 11) is 0. The van der Waals surface area contributed by atoms with Gasteiger partial charge >= 0.3 is 0 Å². The van der Waals surface area contributed by atoms with Crippen LogP contribution in [0.3, 0.4) is 0 Å². The Morgan fingerprint density at radius 2 is 1.90 bits per heavy atom. The number of nitrogens with one attached hydrogen (secondary N) is 1. The number of hydrogen-bond donors (Lipinski definition) is 1. The maximum atomic E-state index is 5.67. The van der Waals surface area contributed by atoms with E-state index < -0.39 is 0 Å². The number of aromatic nitrogens is 4. The third-order valence-electron chi connectivity index (χ3n) is 6.40. The molecule has 1 aliphatic heterocycles. The lowest BCUT2D eigenvalue weighted by Gasteiger charge is -2.30. The van der Waals surface area contributed by atoms with Gasteiger partial charge in [0.2, 0.25) is 5.82 Å². The van der Waals surface area contributed by atoms with Gasteiger partial charge in [0.05, 0.1) is 0 Å². The molecule has 1 aromatic carbocycles. The molecule has 1 fully saturated rings. The third-order valence-corrected chi connectivity index (χ3v) is 6.40. The summed E-state index contributed by atoms with van der Waals surface area (Å²) in [5.74, 6) is 1.15. The molecule has 1 aliphatic carbocycles. The van der Waals surface area contributed by atoms with Crippen LogP contribution in [-0.4, -0.2) is 46.1 Å². The number of nitrogens with zero attached hydrogens (tertiary/aromatic N) is 5. The molecule has 7 nitrogen and oxygen atoms in total. The van der Waals surface area contributed by atoms with E-state index in [4.69, 9.17) is 14.6 Å². The van der Waals surface area contributed by atoms with Crippen LogP contribution < -0.4 is 10.2 Å². The molecular formula is C23H30N6O. The Morgan fingerprint density at radius 1 is 1.13 bits per heavy atom. The molecule has 158 valence electrons. The van der Waals surface area contributed by atoms with Crippen molar-refractivity contribution in [3.63, 3.8) is 0 Å². The van der Waals surface area contributed by atoms with E-state index in [0.717, 1.165) is 63.2 Å². The third kappa shape index (κ3) is 3.51. The highest BCUT2D eigenvalue weighted by molar-refractivity contribution is 5.63. The smallest absolute Gasteiger partial charge is 0.279 e. The summed E-state index contributed by atoms with van der Waals surface area (Å²) in [5, 5.41) is 12.5. The highest BCUT2D eigenvalue weighted by Gasteiger charge is 2.32. The lowest BCUT2D eigenvalue weighted by molar-refractivity contribution is 0.304. The number of fused-ring (bicyclic) bond motifs is 1. The van der Waals surface area contributed by atoms with E-state index in [2.05, 4.69) is 65.1 Å². The van der Waals surface area contributed by atoms with Gasteiger partial charge in [-0.05, 0) is 55.9 Å². The van der Waals surface area contributed by atoms with Crippen molar-refractivity contribution in [2.45, 2.75) is 46.6 Å². The predicted octanol–water partition coefficient (Wildman–Crippen LogP) is 3.54. The summed E-state index contributed by atoms with van der Waals surface area (Å²) < 4.78 is 7.78. The van der Waals surface area contributed by atoms with Crippen LogP contribution in [0.2, 0.25) is 0 Å². The first-order chi connectivity index (χ1) is 14.5. The van der Waals surface area contributed by atoms with Crippen molar-refractivity contribution in [2.24, 2.45) is 5.41 Å². The van der Waals surface area contributed by atoms with E-state index in [1.807, 2.05) is 0 Å². The number of rotatable bonds is 4. The highest BCUT2D eigenvalue weighted by Crippen LogP contribution is 2.39. The van der Waals surface area contributed by atoms with Gasteiger partial charge in [0, 0.05) is 55.2 Å². The van der Waals surface area contributed by atoms with Gasteiger partial charge in [0.1, 0.15) is 0 Å². The van der Waals surface area contributed by atoms with Crippen molar-refractivity contribution in [3.8, 4) is 23.0 Å². The Balaban J connectivity index is 1.42. The number of anilines is 1. The van der Waals surface area contributed by atoms with Gasteiger partial charge in [0.15, 0.2) is 5.69 Å². The van der Waals surface area contributed by atoms with E-state index >= 15 is 0 Å². The van der Waals surface area contributed by atoms with Crippen LogP contribution in [0.1, 0.15) is 38.4 Å². The zero-order valence-corrected chi connectivity index (χ0v) is 18.1. The van der Waals surface area contributed by atoms with Crippen LogP contribution >= 0.6 is 0 Å². The van der Waals surface area contributed by atoms with Gasteiger partial charge in [-0.15, -0.1) is 0 Å². The number of aryl methyl sites for hydroxylation is 1. The zero-order valence-electron chi connectivity index (χ0n) is 18.1. The topological polar surface area (TPSA) is 72.0 Å². The summed E-state index contributed by atoms with van der Waals surface area (Å²) in [6.07, 6.45) is 3.20. The Morgan fingerprint density at radius 3 is 2.63 bits per heavy atom. The molecule has 3 aromatic rings. The second-order valence-electron chi connectivity index (χ2n) is 9.14. The molecule has 30 heavy (non-hydrogen) atoms. The molecule has 0 radical (unpaired) electrons. The Labute approximate surface area is 177 Å². The van der Waals surface area contributed by atoms with Crippen molar-refractivity contribution in [2.75, 3.05) is 31.1 Å². The maximum absolute atomic E-state index is 5.67. The van der Waals surface area contributed by atoms with Crippen LogP contribution in [0.5, 0.6) is 0 Å². The molecule has 0 spiro atoms. The van der Waals surface area contributed by atoms with E-state index in [9.17, 15) is 0 Å². The van der Waals surface area contributed by atoms with Crippen LogP contribution in [0.25, 0.3) is 23.0 Å². The van der Waals surface area contributed by atoms with Crippen molar-refractivity contribution < 1.29 is 4.52 Å². The maximum Gasteiger partial charge on any atom is 0.279 e. The normalized spacial score (nSPS) is 18.4.